The van der Waals surface area contributed by atoms with Gasteiger partial charge in [0.15, 0.2) is 9.84 Å². The first-order valence-electron chi connectivity index (χ1n) is 9.82. The Kier molecular flexibility index (Phi) is 6.21. The molecule has 1 heterocycles. The van der Waals surface area contributed by atoms with Crippen molar-refractivity contribution < 1.29 is 22.8 Å². The number of imide groups is 1. The third-order valence-electron chi connectivity index (χ3n) is 5.62. The van der Waals surface area contributed by atoms with Gasteiger partial charge in [0, 0.05) is 19.2 Å². The van der Waals surface area contributed by atoms with Crippen molar-refractivity contribution in [1.82, 2.24) is 10.2 Å². The van der Waals surface area contributed by atoms with Gasteiger partial charge in [-0.2, -0.15) is 0 Å². The Balaban J connectivity index is 1.58. The van der Waals surface area contributed by atoms with Crippen LogP contribution in [0.25, 0.3) is 0 Å². The van der Waals surface area contributed by atoms with Crippen LogP contribution in [0.4, 0.5) is 0 Å². The van der Waals surface area contributed by atoms with Crippen molar-refractivity contribution in [2.75, 3.05) is 12.8 Å². The number of rotatable bonds is 7. The average molecular weight is 419 g/mol. The zero-order valence-electron chi connectivity index (χ0n) is 16.6. The fraction of sp³-hybridized carbons (Fsp3) is 0.476. The number of sulfone groups is 1. The van der Waals surface area contributed by atoms with E-state index in [4.69, 9.17) is 0 Å². The van der Waals surface area contributed by atoms with Crippen LogP contribution in [0.1, 0.15) is 44.2 Å². The molecule has 3 rings (SSSR count). The third kappa shape index (κ3) is 4.58. The molecule has 1 N–H and O–H groups in total. The summed E-state index contributed by atoms with van der Waals surface area (Å²) in [6, 6.07) is 6.16. The van der Waals surface area contributed by atoms with Gasteiger partial charge in [0.25, 0.3) is 0 Å². The highest BCUT2D eigenvalue weighted by atomic mass is 32.2. The number of likely N-dealkylation sites (tertiary alicyclic amines) is 1. The van der Waals surface area contributed by atoms with E-state index in [9.17, 15) is 22.8 Å². The van der Waals surface area contributed by atoms with Crippen LogP contribution in [-0.2, 0) is 24.2 Å². The van der Waals surface area contributed by atoms with Gasteiger partial charge in [-0.15, -0.1) is 0 Å². The molecule has 29 heavy (non-hydrogen) atoms. The molecule has 3 atom stereocenters. The van der Waals surface area contributed by atoms with Crippen molar-refractivity contribution in [2.24, 2.45) is 11.8 Å². The molecule has 2 aliphatic rings. The van der Waals surface area contributed by atoms with Gasteiger partial charge in [-0.3, -0.25) is 19.3 Å². The van der Waals surface area contributed by atoms with Crippen LogP contribution in [0, 0.1) is 11.8 Å². The van der Waals surface area contributed by atoms with Gasteiger partial charge in [0.1, 0.15) is 0 Å². The molecular formula is C21H26N2O5S. The van der Waals surface area contributed by atoms with E-state index in [1.807, 2.05) is 19.1 Å². The third-order valence-corrected chi connectivity index (χ3v) is 6.74. The first-order valence-corrected chi connectivity index (χ1v) is 11.7. The summed E-state index contributed by atoms with van der Waals surface area (Å²) in [5, 5.41) is 2.91. The molecule has 0 unspecified atom stereocenters. The molecule has 156 valence electrons. The lowest BCUT2D eigenvalue weighted by Gasteiger charge is -2.19. The zero-order chi connectivity index (χ0) is 21.2. The molecule has 8 heteroatoms. The minimum atomic E-state index is -3.27. The summed E-state index contributed by atoms with van der Waals surface area (Å²) in [5.41, 5.74) is 0.804. The number of carbonyl (C=O) groups excluding carboxylic acids is 3. The first kappa shape index (κ1) is 21.2. The second-order valence-corrected chi connectivity index (χ2v) is 9.62. The molecule has 0 saturated carbocycles. The molecule has 1 aromatic carbocycles. The lowest BCUT2D eigenvalue weighted by molar-refractivity contribution is -0.140. The lowest BCUT2D eigenvalue weighted by atomic mass is 9.85. The molecule has 1 fully saturated rings. The summed E-state index contributed by atoms with van der Waals surface area (Å²) in [6.07, 6.45) is 6.85. The highest BCUT2D eigenvalue weighted by molar-refractivity contribution is 7.90. The Bertz CT molecular complexity index is 910. The number of fused-ring (bicyclic) bond motifs is 1. The van der Waals surface area contributed by atoms with Crippen molar-refractivity contribution in [2.45, 2.75) is 43.5 Å². The van der Waals surface area contributed by atoms with E-state index in [0.717, 1.165) is 11.8 Å². The van der Waals surface area contributed by atoms with Crippen LogP contribution in [0.5, 0.6) is 0 Å². The van der Waals surface area contributed by atoms with Crippen LogP contribution in [-0.4, -0.2) is 43.8 Å². The highest BCUT2D eigenvalue weighted by Crippen LogP contribution is 2.35. The van der Waals surface area contributed by atoms with E-state index in [2.05, 4.69) is 5.32 Å². The zero-order valence-corrected chi connectivity index (χ0v) is 17.4. The van der Waals surface area contributed by atoms with Crippen molar-refractivity contribution >= 4 is 27.6 Å². The second-order valence-electron chi connectivity index (χ2n) is 7.60. The summed E-state index contributed by atoms with van der Waals surface area (Å²) >= 11 is 0. The summed E-state index contributed by atoms with van der Waals surface area (Å²) < 4.78 is 23.2. The second kappa shape index (κ2) is 8.49. The molecular weight excluding hydrogens is 392 g/mol. The number of hydrogen-bond acceptors (Lipinski definition) is 5. The summed E-state index contributed by atoms with van der Waals surface area (Å²) in [6.45, 7) is 2.00. The number of nitrogens with zero attached hydrogens (tertiary/aromatic N) is 1. The number of hydrogen-bond donors (Lipinski definition) is 1. The maximum Gasteiger partial charge on any atom is 0.233 e. The molecule has 0 radical (unpaired) electrons. The molecule has 0 bridgehead atoms. The topological polar surface area (TPSA) is 101 Å². The van der Waals surface area contributed by atoms with Gasteiger partial charge >= 0.3 is 0 Å². The number of amides is 3. The largest absolute Gasteiger partial charge is 0.349 e. The van der Waals surface area contributed by atoms with Crippen LogP contribution in [0.15, 0.2) is 41.3 Å². The van der Waals surface area contributed by atoms with E-state index >= 15 is 0 Å². The van der Waals surface area contributed by atoms with Gasteiger partial charge in [-0.25, -0.2) is 8.42 Å². The molecule has 1 aliphatic carbocycles. The van der Waals surface area contributed by atoms with E-state index < -0.39 is 9.84 Å². The highest BCUT2D eigenvalue weighted by Gasteiger charge is 2.46. The Morgan fingerprint density at radius 2 is 1.66 bits per heavy atom. The molecule has 0 spiro atoms. The fourth-order valence-corrected chi connectivity index (χ4v) is 4.57. The van der Waals surface area contributed by atoms with Crippen LogP contribution >= 0.6 is 0 Å². The van der Waals surface area contributed by atoms with Crippen molar-refractivity contribution in [1.29, 1.82) is 0 Å². The lowest BCUT2D eigenvalue weighted by Crippen LogP contribution is -2.36. The van der Waals surface area contributed by atoms with E-state index in [0.29, 0.717) is 19.3 Å². The molecule has 3 amide bonds. The van der Waals surface area contributed by atoms with Crippen molar-refractivity contribution in [3.63, 3.8) is 0 Å². The summed E-state index contributed by atoms with van der Waals surface area (Å²) in [5.74, 6) is -1.18. The van der Waals surface area contributed by atoms with Crippen LogP contribution in [0.3, 0.4) is 0 Å². The number of allylic oxidation sites excluding steroid dienone is 2. The van der Waals surface area contributed by atoms with Gasteiger partial charge < -0.3 is 5.32 Å². The number of carbonyl (C=O) groups is 3. The number of benzene rings is 1. The minimum absolute atomic E-state index is 0.0439. The molecule has 7 nitrogen and oxygen atoms in total. The Labute approximate surface area is 171 Å². The van der Waals surface area contributed by atoms with Gasteiger partial charge in [0.2, 0.25) is 17.7 Å². The molecule has 1 saturated heterocycles. The quantitative estimate of drug-likeness (QED) is 0.539. The SMILES string of the molecule is CC[C@H](NC(=O)CCN1C(=O)[C@H]2CC=CC[C@H]2C1=O)c1ccc(S(C)(=O)=O)cc1. The standard InChI is InChI=1S/C21H26N2O5S/c1-3-18(14-8-10-15(11-9-14)29(2,27)28)22-19(24)12-13-23-20(25)16-6-4-5-7-17(16)21(23)26/h4-5,8-11,16-18H,3,6-7,12-13H2,1-2H3,(H,22,24)/t16-,17+,18-/m0/s1. The summed E-state index contributed by atoms with van der Waals surface area (Å²) in [4.78, 5) is 38.8. The van der Waals surface area contributed by atoms with Gasteiger partial charge in [-0.05, 0) is 37.0 Å². The normalized spacial score (nSPS) is 22.5. The smallest absolute Gasteiger partial charge is 0.233 e. The molecule has 0 aromatic heterocycles. The van der Waals surface area contributed by atoms with Gasteiger partial charge in [-0.1, -0.05) is 31.2 Å². The van der Waals surface area contributed by atoms with Gasteiger partial charge in [0.05, 0.1) is 22.8 Å². The Morgan fingerprint density at radius 1 is 1.10 bits per heavy atom. The predicted octanol–water partition coefficient (Wildman–Crippen LogP) is 2.00. The maximum atomic E-state index is 12.5. The molecule has 1 aromatic rings. The monoisotopic (exact) mass is 418 g/mol. The summed E-state index contributed by atoms with van der Waals surface area (Å²) in [7, 11) is -3.27. The number of nitrogens with one attached hydrogen (secondary N) is 1. The van der Waals surface area contributed by atoms with Crippen molar-refractivity contribution in [3.8, 4) is 0 Å². The van der Waals surface area contributed by atoms with E-state index in [1.165, 1.54) is 17.0 Å². The van der Waals surface area contributed by atoms with Crippen LogP contribution in [0.2, 0.25) is 0 Å². The maximum absolute atomic E-state index is 12.5. The predicted molar refractivity (Wildman–Crippen MR) is 107 cm³/mol. The Morgan fingerprint density at radius 3 is 2.14 bits per heavy atom. The van der Waals surface area contributed by atoms with Crippen LogP contribution < -0.4 is 5.32 Å². The molecule has 1 aliphatic heterocycles. The van der Waals surface area contributed by atoms with E-state index in [1.54, 1.807) is 12.1 Å². The minimum Gasteiger partial charge on any atom is -0.349 e. The fourth-order valence-electron chi connectivity index (χ4n) is 3.94. The average Bonchev–Trinajstić information content (AvgIpc) is 2.94. The van der Waals surface area contributed by atoms with E-state index in [-0.39, 0.29) is 53.5 Å². The van der Waals surface area contributed by atoms with Crippen molar-refractivity contribution in [3.05, 3.63) is 42.0 Å². The Hall–Kier alpha value is -2.48. The first-order chi connectivity index (χ1) is 13.7.